The molecule has 2 aromatic carbocycles. The normalized spacial score (nSPS) is 21.1. The van der Waals surface area contributed by atoms with Gasteiger partial charge in [-0.3, -0.25) is 4.79 Å². The second-order valence-electron chi connectivity index (χ2n) is 10.1. The third-order valence-corrected chi connectivity index (χ3v) is 6.63. The van der Waals surface area contributed by atoms with Crippen molar-refractivity contribution in [1.82, 2.24) is 4.90 Å². The molecule has 0 saturated heterocycles. The first-order chi connectivity index (χ1) is 15.6. The van der Waals surface area contributed by atoms with Crippen molar-refractivity contribution >= 4 is 12.1 Å². The number of esters is 1. The number of benzene rings is 2. The summed E-state index contributed by atoms with van der Waals surface area (Å²) >= 11 is 0. The molecule has 0 N–H and O–H groups in total. The van der Waals surface area contributed by atoms with Crippen LogP contribution in [0.15, 0.2) is 48.5 Å². The largest absolute Gasteiger partial charge is 0.461 e. The smallest absolute Gasteiger partial charge is 0.410 e. The van der Waals surface area contributed by atoms with Gasteiger partial charge in [0, 0.05) is 24.2 Å². The van der Waals surface area contributed by atoms with Crippen molar-refractivity contribution in [3.63, 3.8) is 0 Å². The van der Waals surface area contributed by atoms with E-state index in [1.54, 1.807) is 11.9 Å². The summed E-state index contributed by atoms with van der Waals surface area (Å²) < 4.78 is 17.6. The third-order valence-electron chi connectivity index (χ3n) is 6.63. The van der Waals surface area contributed by atoms with Crippen LogP contribution in [-0.2, 0) is 19.7 Å². The lowest BCUT2D eigenvalue weighted by atomic mass is 9.74. The van der Waals surface area contributed by atoms with Crippen LogP contribution in [0.25, 0.3) is 0 Å². The Morgan fingerprint density at radius 2 is 1.45 bits per heavy atom. The molecule has 0 atom stereocenters. The van der Waals surface area contributed by atoms with E-state index in [2.05, 4.69) is 0 Å². The van der Waals surface area contributed by atoms with Crippen molar-refractivity contribution in [3.8, 4) is 11.5 Å². The molecular weight excluding hydrogens is 418 g/mol. The molecule has 33 heavy (non-hydrogen) atoms. The van der Waals surface area contributed by atoms with Gasteiger partial charge >= 0.3 is 12.1 Å². The number of hydrogen-bond donors (Lipinski definition) is 0. The zero-order valence-electron chi connectivity index (χ0n) is 20.1. The van der Waals surface area contributed by atoms with Crippen LogP contribution < -0.4 is 4.74 Å². The van der Waals surface area contributed by atoms with Gasteiger partial charge in [-0.25, -0.2) is 4.79 Å². The number of ether oxygens (including phenoxy) is 3. The molecule has 176 valence electrons. The molecule has 0 bridgehead atoms. The molecule has 2 aromatic rings. The Balaban J connectivity index is 1.46. The Morgan fingerprint density at radius 3 is 1.97 bits per heavy atom. The van der Waals surface area contributed by atoms with E-state index in [1.165, 1.54) is 0 Å². The minimum absolute atomic E-state index is 0.0786. The van der Waals surface area contributed by atoms with Crippen LogP contribution in [0.3, 0.4) is 0 Å². The van der Waals surface area contributed by atoms with Crippen LogP contribution in [0.5, 0.6) is 11.5 Å². The fourth-order valence-electron chi connectivity index (χ4n) is 4.72. The second-order valence-corrected chi connectivity index (χ2v) is 10.1. The summed E-state index contributed by atoms with van der Waals surface area (Å²) in [4.78, 5) is 27.7. The van der Waals surface area contributed by atoms with Gasteiger partial charge in [-0.1, -0.05) is 36.4 Å². The second kappa shape index (κ2) is 8.73. The SMILES string of the molecule is CN(C(=O)OC(C)(C)C)[C@H]1CC[C@H](OC(=O)C2(C)c3ccccc3Oc3ccccc32)CC1. The van der Waals surface area contributed by atoms with E-state index in [1.807, 2.05) is 76.2 Å². The number of carbonyl (C=O) groups is 2. The van der Waals surface area contributed by atoms with Gasteiger partial charge in [0.15, 0.2) is 0 Å². The van der Waals surface area contributed by atoms with Crippen molar-refractivity contribution in [2.75, 3.05) is 7.05 Å². The van der Waals surface area contributed by atoms with Crippen molar-refractivity contribution < 1.29 is 23.8 Å². The highest BCUT2D eigenvalue weighted by Crippen LogP contribution is 2.48. The molecule has 2 aliphatic rings. The van der Waals surface area contributed by atoms with Crippen molar-refractivity contribution in [2.45, 2.75) is 76.5 Å². The minimum Gasteiger partial charge on any atom is -0.461 e. The first-order valence-corrected chi connectivity index (χ1v) is 11.6. The van der Waals surface area contributed by atoms with Gasteiger partial charge in [-0.15, -0.1) is 0 Å². The quantitative estimate of drug-likeness (QED) is 0.550. The molecule has 1 aliphatic heterocycles. The summed E-state index contributed by atoms with van der Waals surface area (Å²) in [5.41, 5.74) is 0.151. The standard InChI is InChI=1S/C27H33NO5/c1-26(2,3)33-25(30)28(5)18-14-16-19(17-15-18)31-24(29)27(4)20-10-6-8-12-22(20)32-23-13-9-7-11-21(23)27/h6-13,18-19H,14-17H2,1-5H3/t18-,19-. The van der Waals surface area contributed by atoms with E-state index in [0.717, 1.165) is 24.0 Å². The molecule has 1 fully saturated rings. The third kappa shape index (κ3) is 4.56. The van der Waals surface area contributed by atoms with Crippen LogP contribution in [0, 0.1) is 0 Å². The number of amides is 1. The molecule has 4 rings (SSSR count). The number of fused-ring (bicyclic) bond motifs is 2. The Bertz CT molecular complexity index is 987. The van der Waals surface area contributed by atoms with Crippen LogP contribution >= 0.6 is 0 Å². The van der Waals surface area contributed by atoms with Crippen molar-refractivity contribution in [1.29, 1.82) is 0 Å². The molecule has 1 aliphatic carbocycles. The summed E-state index contributed by atoms with van der Waals surface area (Å²) in [6.45, 7) is 7.50. The summed E-state index contributed by atoms with van der Waals surface area (Å²) in [6, 6.07) is 15.3. The van der Waals surface area contributed by atoms with Gasteiger partial charge in [0.2, 0.25) is 0 Å². The van der Waals surface area contributed by atoms with Gasteiger partial charge in [0.1, 0.15) is 28.6 Å². The molecule has 6 heteroatoms. The Hall–Kier alpha value is -3.02. The van der Waals surface area contributed by atoms with Gasteiger partial charge < -0.3 is 19.1 Å². The monoisotopic (exact) mass is 451 g/mol. The van der Waals surface area contributed by atoms with Gasteiger partial charge in [0.05, 0.1) is 0 Å². The van der Waals surface area contributed by atoms with E-state index >= 15 is 0 Å². The van der Waals surface area contributed by atoms with Crippen molar-refractivity contribution in [3.05, 3.63) is 59.7 Å². The number of carbonyl (C=O) groups excluding carboxylic acids is 2. The average Bonchev–Trinajstić information content (AvgIpc) is 2.78. The highest BCUT2D eigenvalue weighted by atomic mass is 16.6. The molecule has 0 spiro atoms. The molecular formula is C27H33NO5. The fourth-order valence-corrected chi connectivity index (χ4v) is 4.72. The Labute approximate surface area is 195 Å². The molecule has 6 nitrogen and oxygen atoms in total. The van der Waals surface area contributed by atoms with E-state index in [9.17, 15) is 9.59 Å². The van der Waals surface area contributed by atoms with Crippen LogP contribution in [0.1, 0.15) is 64.5 Å². The highest BCUT2D eigenvalue weighted by Gasteiger charge is 2.46. The maximum Gasteiger partial charge on any atom is 0.410 e. The number of nitrogens with zero attached hydrogens (tertiary/aromatic N) is 1. The molecule has 0 radical (unpaired) electrons. The zero-order valence-corrected chi connectivity index (χ0v) is 20.1. The summed E-state index contributed by atoms with van der Waals surface area (Å²) in [5.74, 6) is 1.09. The maximum absolute atomic E-state index is 13.6. The summed E-state index contributed by atoms with van der Waals surface area (Å²) in [5, 5.41) is 0. The first-order valence-electron chi connectivity index (χ1n) is 11.6. The van der Waals surface area contributed by atoms with Gasteiger partial charge in [0.25, 0.3) is 0 Å². The molecule has 0 unspecified atom stereocenters. The predicted octanol–water partition coefficient (Wildman–Crippen LogP) is 5.82. The molecule has 1 heterocycles. The fraction of sp³-hybridized carbons (Fsp3) is 0.481. The molecule has 1 amide bonds. The van der Waals surface area contributed by atoms with E-state index < -0.39 is 11.0 Å². The zero-order chi connectivity index (χ0) is 23.8. The summed E-state index contributed by atoms with van der Waals surface area (Å²) in [7, 11) is 1.78. The number of rotatable bonds is 3. The van der Waals surface area contributed by atoms with E-state index in [4.69, 9.17) is 14.2 Å². The first kappa shape index (κ1) is 23.1. The van der Waals surface area contributed by atoms with Crippen molar-refractivity contribution in [2.24, 2.45) is 0 Å². The minimum atomic E-state index is -0.949. The van der Waals surface area contributed by atoms with Gasteiger partial charge in [-0.2, -0.15) is 0 Å². The lowest BCUT2D eigenvalue weighted by Crippen LogP contribution is -2.44. The molecule has 1 saturated carbocycles. The Kier molecular flexibility index (Phi) is 6.12. The number of para-hydroxylation sites is 2. The van der Waals surface area contributed by atoms with E-state index in [-0.39, 0.29) is 24.2 Å². The van der Waals surface area contributed by atoms with Gasteiger partial charge in [-0.05, 0) is 65.5 Å². The molecule has 0 aromatic heterocycles. The van der Waals surface area contributed by atoms with Crippen LogP contribution in [-0.4, -0.2) is 41.8 Å². The lowest BCUT2D eigenvalue weighted by Gasteiger charge is -2.38. The highest BCUT2D eigenvalue weighted by molar-refractivity contribution is 5.90. The number of hydrogen-bond acceptors (Lipinski definition) is 5. The van der Waals surface area contributed by atoms with E-state index in [0.29, 0.717) is 24.3 Å². The lowest BCUT2D eigenvalue weighted by molar-refractivity contribution is -0.156. The Morgan fingerprint density at radius 1 is 0.939 bits per heavy atom. The predicted molar refractivity (Wildman–Crippen MR) is 126 cm³/mol. The topological polar surface area (TPSA) is 65.1 Å². The summed E-state index contributed by atoms with van der Waals surface area (Å²) in [6.07, 6.45) is 2.45. The van der Waals surface area contributed by atoms with Crippen LogP contribution in [0.4, 0.5) is 4.79 Å². The van der Waals surface area contributed by atoms with Crippen LogP contribution in [0.2, 0.25) is 0 Å². The maximum atomic E-state index is 13.6. The average molecular weight is 452 g/mol.